The van der Waals surface area contributed by atoms with E-state index in [1.54, 1.807) is 21.9 Å². The van der Waals surface area contributed by atoms with Crippen molar-refractivity contribution in [3.8, 4) is 17.1 Å². The number of hydrogen-bond donors (Lipinski definition) is 1. The van der Waals surface area contributed by atoms with Gasteiger partial charge in [-0.2, -0.15) is 10.2 Å². The number of nitrogens with one attached hydrogen (secondary N) is 1. The van der Waals surface area contributed by atoms with Crippen LogP contribution in [0.5, 0.6) is 0 Å². The molecular formula is C18H18N8. The van der Waals surface area contributed by atoms with E-state index in [-0.39, 0.29) is 0 Å². The molecule has 1 N–H and O–H groups in total. The van der Waals surface area contributed by atoms with Crippen LogP contribution in [0.3, 0.4) is 0 Å². The first-order chi connectivity index (χ1) is 12.7. The summed E-state index contributed by atoms with van der Waals surface area (Å²) in [5.41, 5.74) is 4.90. The Morgan fingerprint density at radius 1 is 1.15 bits per heavy atom. The van der Waals surface area contributed by atoms with Gasteiger partial charge >= 0.3 is 0 Å². The van der Waals surface area contributed by atoms with Crippen molar-refractivity contribution in [3.05, 3.63) is 66.5 Å². The summed E-state index contributed by atoms with van der Waals surface area (Å²) in [6.45, 7) is 2.60. The predicted octanol–water partition coefficient (Wildman–Crippen LogP) is 2.38. The van der Waals surface area contributed by atoms with Gasteiger partial charge in [0.05, 0.1) is 17.1 Å². The summed E-state index contributed by atoms with van der Waals surface area (Å²) in [4.78, 5) is 13.0. The number of aryl methyl sites for hydroxylation is 2. The molecule has 0 aliphatic rings. The minimum atomic E-state index is 0.581. The first-order valence-corrected chi connectivity index (χ1v) is 8.20. The van der Waals surface area contributed by atoms with Crippen LogP contribution in [-0.4, -0.2) is 34.5 Å². The Balaban J connectivity index is 1.54. The molecule has 4 rings (SSSR count). The van der Waals surface area contributed by atoms with Gasteiger partial charge in [0, 0.05) is 26.0 Å². The summed E-state index contributed by atoms with van der Waals surface area (Å²) in [5, 5.41) is 11.7. The van der Waals surface area contributed by atoms with Crippen LogP contribution in [0, 0.1) is 6.92 Å². The molecule has 8 nitrogen and oxygen atoms in total. The first-order valence-electron chi connectivity index (χ1n) is 8.20. The third-order valence-electron chi connectivity index (χ3n) is 4.08. The van der Waals surface area contributed by atoms with Gasteiger partial charge < -0.3 is 5.32 Å². The van der Waals surface area contributed by atoms with Crippen molar-refractivity contribution in [1.29, 1.82) is 0 Å². The maximum absolute atomic E-state index is 4.65. The second kappa shape index (κ2) is 6.75. The van der Waals surface area contributed by atoms with E-state index in [1.807, 2.05) is 44.4 Å². The van der Waals surface area contributed by atoms with Gasteiger partial charge in [0.15, 0.2) is 0 Å². The van der Waals surface area contributed by atoms with Crippen LogP contribution in [0.1, 0.15) is 11.1 Å². The zero-order valence-corrected chi connectivity index (χ0v) is 14.5. The molecule has 0 fully saturated rings. The maximum Gasteiger partial charge on any atom is 0.223 e. The lowest BCUT2D eigenvalue weighted by Gasteiger charge is -2.10. The van der Waals surface area contributed by atoms with Crippen molar-refractivity contribution in [2.45, 2.75) is 13.5 Å². The van der Waals surface area contributed by atoms with Crippen molar-refractivity contribution >= 4 is 5.95 Å². The molecule has 0 aliphatic carbocycles. The standard InChI is InChI=1S/C18H18N8/c1-13-9-20-18(24-17(13)16-6-7-22-25(16)2)21-10-14-4-3-5-15(8-14)26-12-19-11-23-26/h3-9,11-12H,10H2,1-2H3,(H,20,21,24). The second-order valence-electron chi connectivity index (χ2n) is 5.93. The Labute approximate surface area is 150 Å². The summed E-state index contributed by atoms with van der Waals surface area (Å²) in [6.07, 6.45) is 6.78. The van der Waals surface area contributed by atoms with Gasteiger partial charge in [-0.3, -0.25) is 4.68 Å². The van der Waals surface area contributed by atoms with Crippen LogP contribution in [0.4, 0.5) is 5.95 Å². The highest BCUT2D eigenvalue weighted by molar-refractivity contribution is 5.59. The van der Waals surface area contributed by atoms with E-state index >= 15 is 0 Å². The number of hydrogen-bond acceptors (Lipinski definition) is 6. The average molecular weight is 346 g/mol. The molecular weight excluding hydrogens is 328 g/mol. The minimum Gasteiger partial charge on any atom is -0.350 e. The summed E-state index contributed by atoms with van der Waals surface area (Å²) >= 11 is 0. The third kappa shape index (κ3) is 3.16. The van der Waals surface area contributed by atoms with E-state index in [2.05, 4.69) is 36.5 Å². The van der Waals surface area contributed by atoms with Crippen LogP contribution in [0.25, 0.3) is 17.1 Å². The van der Waals surface area contributed by atoms with Crippen molar-refractivity contribution in [1.82, 2.24) is 34.5 Å². The molecule has 130 valence electrons. The van der Waals surface area contributed by atoms with Gasteiger partial charge in [-0.05, 0) is 36.2 Å². The lowest BCUT2D eigenvalue weighted by molar-refractivity contribution is 0.772. The monoisotopic (exact) mass is 346 g/mol. The quantitative estimate of drug-likeness (QED) is 0.597. The van der Waals surface area contributed by atoms with Gasteiger partial charge in [-0.25, -0.2) is 19.6 Å². The molecule has 0 spiro atoms. The lowest BCUT2D eigenvalue weighted by Crippen LogP contribution is -2.06. The van der Waals surface area contributed by atoms with Crippen LogP contribution < -0.4 is 5.32 Å². The first kappa shape index (κ1) is 15.9. The van der Waals surface area contributed by atoms with Crippen molar-refractivity contribution in [2.75, 3.05) is 5.32 Å². The SMILES string of the molecule is Cc1cnc(NCc2cccc(-n3cncn3)c2)nc1-c1ccnn1C. The minimum absolute atomic E-state index is 0.581. The second-order valence-corrected chi connectivity index (χ2v) is 5.93. The Morgan fingerprint density at radius 3 is 2.85 bits per heavy atom. The molecule has 0 saturated heterocycles. The number of benzene rings is 1. The van der Waals surface area contributed by atoms with Crippen LogP contribution in [0.15, 0.2) is 55.4 Å². The predicted molar refractivity (Wildman–Crippen MR) is 97.7 cm³/mol. The average Bonchev–Trinajstić information content (AvgIpc) is 3.33. The molecule has 4 aromatic rings. The maximum atomic E-state index is 4.65. The molecule has 0 bridgehead atoms. The van der Waals surface area contributed by atoms with Gasteiger partial charge in [0.1, 0.15) is 12.7 Å². The highest BCUT2D eigenvalue weighted by Gasteiger charge is 2.10. The molecule has 3 heterocycles. The Bertz CT molecular complexity index is 1020. The number of aromatic nitrogens is 7. The molecule has 0 saturated carbocycles. The largest absolute Gasteiger partial charge is 0.350 e. The summed E-state index contributed by atoms with van der Waals surface area (Å²) in [6, 6.07) is 10.0. The highest BCUT2D eigenvalue weighted by Crippen LogP contribution is 2.21. The van der Waals surface area contributed by atoms with Gasteiger partial charge in [0.25, 0.3) is 0 Å². The fourth-order valence-corrected chi connectivity index (χ4v) is 2.72. The molecule has 0 atom stereocenters. The zero-order valence-electron chi connectivity index (χ0n) is 14.5. The summed E-state index contributed by atoms with van der Waals surface area (Å²) in [7, 11) is 1.90. The molecule has 1 aromatic carbocycles. The molecule has 0 radical (unpaired) electrons. The number of rotatable bonds is 5. The lowest BCUT2D eigenvalue weighted by atomic mass is 10.2. The molecule has 0 aliphatic heterocycles. The molecule has 0 amide bonds. The topological polar surface area (TPSA) is 86.3 Å². The summed E-state index contributed by atoms with van der Waals surface area (Å²) in [5.74, 6) is 0.581. The van der Waals surface area contributed by atoms with E-state index in [0.717, 1.165) is 28.2 Å². The Kier molecular flexibility index (Phi) is 4.14. The Morgan fingerprint density at radius 2 is 2.08 bits per heavy atom. The normalized spacial score (nSPS) is 10.8. The molecule has 3 aromatic heterocycles. The van der Waals surface area contributed by atoms with Gasteiger partial charge in [-0.1, -0.05) is 12.1 Å². The van der Waals surface area contributed by atoms with Crippen LogP contribution in [0.2, 0.25) is 0 Å². The van der Waals surface area contributed by atoms with E-state index in [0.29, 0.717) is 12.5 Å². The highest BCUT2D eigenvalue weighted by atomic mass is 15.3. The fourth-order valence-electron chi connectivity index (χ4n) is 2.72. The number of nitrogens with zero attached hydrogens (tertiary/aromatic N) is 7. The number of anilines is 1. The van der Waals surface area contributed by atoms with Crippen molar-refractivity contribution < 1.29 is 0 Å². The molecule has 0 unspecified atom stereocenters. The van der Waals surface area contributed by atoms with E-state index in [1.165, 1.54) is 6.33 Å². The van der Waals surface area contributed by atoms with Gasteiger partial charge in [0.2, 0.25) is 5.95 Å². The summed E-state index contributed by atoms with van der Waals surface area (Å²) < 4.78 is 3.53. The smallest absolute Gasteiger partial charge is 0.223 e. The van der Waals surface area contributed by atoms with Crippen LogP contribution >= 0.6 is 0 Å². The van der Waals surface area contributed by atoms with Crippen LogP contribution in [-0.2, 0) is 13.6 Å². The fraction of sp³-hybridized carbons (Fsp3) is 0.167. The molecule has 8 heteroatoms. The van der Waals surface area contributed by atoms with E-state index in [9.17, 15) is 0 Å². The molecule has 26 heavy (non-hydrogen) atoms. The van der Waals surface area contributed by atoms with Crippen molar-refractivity contribution in [2.24, 2.45) is 7.05 Å². The van der Waals surface area contributed by atoms with E-state index < -0.39 is 0 Å². The van der Waals surface area contributed by atoms with Crippen molar-refractivity contribution in [3.63, 3.8) is 0 Å². The zero-order chi connectivity index (χ0) is 17.9. The third-order valence-corrected chi connectivity index (χ3v) is 4.08. The van der Waals surface area contributed by atoms with Gasteiger partial charge in [-0.15, -0.1) is 0 Å². The van der Waals surface area contributed by atoms with E-state index in [4.69, 9.17) is 0 Å². The Hall–Kier alpha value is -3.55.